The predicted molar refractivity (Wildman–Crippen MR) is 234 cm³/mol. The Morgan fingerprint density at radius 3 is 1.93 bits per heavy atom. The van der Waals surface area contributed by atoms with Crippen LogP contribution in [0.1, 0.15) is 142 Å². The molecule has 3 amide bonds. The molecule has 3 N–H and O–H groups in total. The van der Waals surface area contributed by atoms with E-state index in [0.717, 1.165) is 60.4 Å². The van der Waals surface area contributed by atoms with E-state index < -0.39 is 30.0 Å². The van der Waals surface area contributed by atoms with Crippen molar-refractivity contribution in [3.63, 3.8) is 0 Å². The van der Waals surface area contributed by atoms with Gasteiger partial charge in [-0.25, -0.2) is 4.79 Å². The maximum atomic E-state index is 15.0. The molecule has 0 aliphatic rings. The molecule has 0 aliphatic heterocycles. The van der Waals surface area contributed by atoms with E-state index in [4.69, 9.17) is 0 Å². The first-order valence-electron chi connectivity index (χ1n) is 21.8. The van der Waals surface area contributed by atoms with Crippen molar-refractivity contribution in [1.29, 1.82) is 0 Å². The number of nitrogens with zero attached hydrogens (tertiary/aromatic N) is 1. The molecular weight excluding hydrogens is 711 g/mol. The van der Waals surface area contributed by atoms with Crippen LogP contribution in [0.3, 0.4) is 0 Å². The lowest BCUT2D eigenvalue weighted by molar-refractivity contribution is -0.147. The summed E-state index contributed by atoms with van der Waals surface area (Å²) < 4.78 is 0. The van der Waals surface area contributed by atoms with Crippen LogP contribution in [-0.4, -0.2) is 51.8 Å². The van der Waals surface area contributed by atoms with Gasteiger partial charge in [0.15, 0.2) is 0 Å². The van der Waals surface area contributed by atoms with Gasteiger partial charge in [-0.05, 0) is 72.3 Å². The minimum atomic E-state index is -1.13. The summed E-state index contributed by atoms with van der Waals surface area (Å²) in [5.41, 5.74) is 1.75. The topological polar surface area (TPSA) is 116 Å². The Labute approximate surface area is 343 Å². The highest BCUT2D eigenvalue weighted by atomic mass is 16.4. The van der Waals surface area contributed by atoms with E-state index in [1.54, 1.807) is 18.7 Å². The number of hydrogen-bond donors (Lipinski definition) is 3. The molecule has 8 nitrogen and oxygen atoms in total. The number of amides is 3. The van der Waals surface area contributed by atoms with Crippen LogP contribution < -0.4 is 10.6 Å². The minimum absolute atomic E-state index is 0.0152. The van der Waals surface area contributed by atoms with E-state index in [9.17, 15) is 19.5 Å². The molecule has 312 valence electrons. The van der Waals surface area contributed by atoms with Gasteiger partial charge in [0, 0.05) is 19.4 Å². The molecule has 0 fully saturated rings. The maximum Gasteiger partial charge on any atom is 0.326 e. The van der Waals surface area contributed by atoms with Gasteiger partial charge in [0.05, 0.1) is 0 Å². The Kier molecular flexibility index (Phi) is 21.8. The summed E-state index contributed by atoms with van der Waals surface area (Å²) in [6.45, 7) is 9.82. The zero-order valence-electron chi connectivity index (χ0n) is 35.5. The van der Waals surface area contributed by atoms with Crippen LogP contribution >= 0.6 is 0 Å². The number of allylic oxidation sites excluding steroid dienone is 2. The van der Waals surface area contributed by atoms with Crippen molar-refractivity contribution in [1.82, 2.24) is 15.5 Å². The van der Waals surface area contributed by atoms with E-state index in [2.05, 4.69) is 29.7 Å². The lowest BCUT2D eigenvalue weighted by Crippen LogP contribution is -2.58. The van der Waals surface area contributed by atoms with Gasteiger partial charge in [-0.2, -0.15) is 0 Å². The monoisotopic (exact) mass is 782 g/mol. The third kappa shape index (κ3) is 17.3. The SMILES string of the molecule is CCCCCCCC/C=C\CCCCCCCC(=O)N[C@@H](Cc1cccc2ccccc12)C(=O)N(Cc1ccccc1)[C@@H](CC(C)C)C(=O)N[C@H](C(=O)O)C(C)C. The van der Waals surface area contributed by atoms with Crippen LogP contribution in [0, 0.1) is 11.8 Å². The highest BCUT2D eigenvalue weighted by molar-refractivity contribution is 5.94. The molecule has 0 saturated carbocycles. The van der Waals surface area contributed by atoms with Crippen LogP contribution in [-0.2, 0) is 32.1 Å². The molecule has 3 aromatic carbocycles. The summed E-state index contributed by atoms with van der Waals surface area (Å²) in [4.78, 5) is 56.5. The number of carbonyl (C=O) groups excluding carboxylic acids is 3. The highest BCUT2D eigenvalue weighted by Crippen LogP contribution is 2.23. The summed E-state index contributed by atoms with van der Waals surface area (Å²) >= 11 is 0. The standard InChI is InChI=1S/C49H71N3O5/c1-6-7-8-9-10-11-12-13-14-15-16-17-18-19-23-33-45(53)50-43(35-41-31-26-30-40-29-24-25-32-42(40)41)48(55)52(36-39-27-21-20-22-28-39)44(34-37(2)3)47(54)51-46(38(4)5)49(56)57/h13-14,20-22,24-32,37-38,43-44,46H,6-12,15-19,23,33-36H2,1-5H3,(H,50,53)(H,51,54)(H,56,57)/b14-13-/t43-,44-,46-/m0/s1. The van der Waals surface area contributed by atoms with E-state index in [0.29, 0.717) is 12.8 Å². The normalized spacial score (nSPS) is 13.2. The Hall–Kier alpha value is -4.46. The Morgan fingerprint density at radius 2 is 1.30 bits per heavy atom. The largest absolute Gasteiger partial charge is 0.480 e. The smallest absolute Gasteiger partial charge is 0.326 e. The van der Waals surface area contributed by atoms with Gasteiger partial charge in [-0.15, -0.1) is 0 Å². The number of carboxylic acids is 1. The van der Waals surface area contributed by atoms with Gasteiger partial charge in [0.2, 0.25) is 17.7 Å². The second-order valence-corrected chi connectivity index (χ2v) is 16.5. The fraction of sp³-hybridized carbons (Fsp3) is 0.551. The van der Waals surface area contributed by atoms with Crippen LogP contribution in [0.25, 0.3) is 10.8 Å². The van der Waals surface area contributed by atoms with Gasteiger partial charge in [0.25, 0.3) is 0 Å². The molecule has 0 heterocycles. The Morgan fingerprint density at radius 1 is 0.702 bits per heavy atom. The van der Waals surface area contributed by atoms with E-state index >= 15 is 4.79 Å². The van der Waals surface area contributed by atoms with Crippen molar-refractivity contribution in [3.8, 4) is 0 Å². The molecule has 8 heteroatoms. The quantitative estimate of drug-likeness (QED) is 0.0501. The third-order valence-electron chi connectivity index (χ3n) is 10.7. The first-order chi connectivity index (χ1) is 27.5. The molecule has 0 aromatic heterocycles. The number of carboxylic acid groups (broad SMARTS) is 1. The second-order valence-electron chi connectivity index (χ2n) is 16.5. The van der Waals surface area contributed by atoms with Gasteiger partial charge >= 0.3 is 5.97 Å². The lowest BCUT2D eigenvalue weighted by atomic mass is 9.95. The Bertz CT molecular complexity index is 1660. The van der Waals surface area contributed by atoms with E-state index in [1.165, 1.54) is 44.9 Å². The van der Waals surface area contributed by atoms with Crippen LogP contribution in [0.15, 0.2) is 84.9 Å². The number of nitrogens with one attached hydrogen (secondary N) is 2. The average Bonchev–Trinajstić information content (AvgIpc) is 3.19. The van der Waals surface area contributed by atoms with Crippen molar-refractivity contribution in [2.24, 2.45) is 11.8 Å². The van der Waals surface area contributed by atoms with Crippen LogP contribution in [0.2, 0.25) is 0 Å². The van der Waals surface area contributed by atoms with Gasteiger partial charge in [-0.3, -0.25) is 14.4 Å². The van der Waals surface area contributed by atoms with Crippen LogP contribution in [0.4, 0.5) is 0 Å². The van der Waals surface area contributed by atoms with Gasteiger partial charge in [-0.1, -0.05) is 171 Å². The number of aliphatic carboxylic acids is 1. The summed E-state index contributed by atoms with van der Waals surface area (Å²) in [6, 6.07) is 20.4. The number of fused-ring (bicyclic) bond motifs is 1. The zero-order valence-corrected chi connectivity index (χ0v) is 35.5. The fourth-order valence-corrected chi connectivity index (χ4v) is 7.42. The summed E-state index contributed by atoms with van der Waals surface area (Å²) in [7, 11) is 0. The zero-order chi connectivity index (χ0) is 41.4. The summed E-state index contributed by atoms with van der Waals surface area (Å²) in [5.74, 6) is -2.55. The molecule has 0 aliphatic carbocycles. The second kappa shape index (κ2) is 26.5. The van der Waals surface area contributed by atoms with Crippen molar-refractivity contribution in [2.75, 3.05) is 0 Å². The first kappa shape index (κ1) is 46.9. The molecule has 57 heavy (non-hydrogen) atoms. The molecule has 0 spiro atoms. The van der Waals surface area contributed by atoms with Crippen molar-refractivity contribution in [3.05, 3.63) is 96.1 Å². The lowest BCUT2D eigenvalue weighted by Gasteiger charge is -2.36. The van der Waals surface area contributed by atoms with Crippen molar-refractivity contribution in [2.45, 2.75) is 162 Å². The average molecular weight is 782 g/mol. The fourth-order valence-electron chi connectivity index (χ4n) is 7.42. The van der Waals surface area contributed by atoms with E-state index in [-0.39, 0.29) is 36.6 Å². The van der Waals surface area contributed by atoms with Gasteiger partial charge < -0.3 is 20.6 Å². The van der Waals surface area contributed by atoms with Gasteiger partial charge in [0.1, 0.15) is 18.1 Å². The molecule has 3 atom stereocenters. The summed E-state index contributed by atoms with van der Waals surface area (Å²) in [5, 5.41) is 17.8. The number of hydrogen-bond acceptors (Lipinski definition) is 4. The van der Waals surface area contributed by atoms with E-state index in [1.807, 2.05) is 86.6 Å². The maximum absolute atomic E-state index is 15.0. The number of unbranched alkanes of at least 4 members (excludes halogenated alkanes) is 11. The first-order valence-corrected chi connectivity index (χ1v) is 21.8. The molecule has 0 bridgehead atoms. The third-order valence-corrected chi connectivity index (χ3v) is 10.7. The molecular formula is C49H71N3O5. The Balaban J connectivity index is 1.76. The molecule has 3 aromatic rings. The minimum Gasteiger partial charge on any atom is -0.480 e. The van der Waals surface area contributed by atoms with Crippen molar-refractivity contribution >= 4 is 34.5 Å². The van der Waals surface area contributed by atoms with Crippen LogP contribution in [0.5, 0.6) is 0 Å². The summed E-state index contributed by atoms with van der Waals surface area (Å²) in [6.07, 6.45) is 20.7. The number of benzene rings is 3. The predicted octanol–water partition coefficient (Wildman–Crippen LogP) is 10.6. The van der Waals surface area contributed by atoms with Crippen molar-refractivity contribution < 1.29 is 24.3 Å². The molecule has 0 saturated heterocycles. The number of rotatable bonds is 28. The number of carbonyl (C=O) groups is 4. The molecule has 0 unspecified atom stereocenters. The molecule has 0 radical (unpaired) electrons. The molecule has 3 rings (SSSR count). The highest BCUT2D eigenvalue weighted by Gasteiger charge is 2.37.